The highest BCUT2D eigenvalue weighted by atomic mass is 32.2. The van der Waals surface area contributed by atoms with Crippen LogP contribution in [0.3, 0.4) is 0 Å². The van der Waals surface area contributed by atoms with Crippen molar-refractivity contribution in [3.63, 3.8) is 0 Å². The van der Waals surface area contributed by atoms with E-state index < -0.39 is 5.60 Å². The highest BCUT2D eigenvalue weighted by molar-refractivity contribution is 7.99. The molecule has 2 heterocycles. The van der Waals surface area contributed by atoms with Gasteiger partial charge in [-0.05, 0) is 51.0 Å². The molecule has 0 saturated carbocycles. The predicted molar refractivity (Wildman–Crippen MR) is 115 cm³/mol. The Morgan fingerprint density at radius 3 is 2.77 bits per heavy atom. The Morgan fingerprint density at radius 1 is 1.27 bits per heavy atom. The van der Waals surface area contributed by atoms with E-state index in [1.54, 1.807) is 44.6 Å². The summed E-state index contributed by atoms with van der Waals surface area (Å²) in [6.45, 7) is 5.25. The highest BCUT2D eigenvalue weighted by Gasteiger charge is 2.15. The van der Waals surface area contributed by atoms with Crippen molar-refractivity contribution in [2.45, 2.75) is 37.8 Å². The van der Waals surface area contributed by atoms with Gasteiger partial charge in [-0.1, -0.05) is 12.1 Å². The zero-order chi connectivity index (χ0) is 21.7. The quantitative estimate of drug-likeness (QED) is 0.552. The van der Waals surface area contributed by atoms with E-state index in [2.05, 4.69) is 9.97 Å². The summed E-state index contributed by atoms with van der Waals surface area (Å²) in [6, 6.07) is 8.23. The third-order valence-electron chi connectivity index (χ3n) is 4.18. The van der Waals surface area contributed by atoms with E-state index in [1.807, 2.05) is 13.0 Å². The summed E-state index contributed by atoms with van der Waals surface area (Å²) in [5.41, 5.74) is 1.02. The van der Waals surface area contributed by atoms with E-state index in [0.29, 0.717) is 28.8 Å². The number of ether oxygens (including phenoxy) is 1. The molecule has 30 heavy (non-hydrogen) atoms. The number of aryl methyl sites for hydroxylation is 2. The molecule has 0 aliphatic carbocycles. The Bertz CT molecular complexity index is 1080. The van der Waals surface area contributed by atoms with Gasteiger partial charge >= 0.3 is 0 Å². The third-order valence-corrected chi connectivity index (χ3v) is 5.15. The molecule has 0 amide bonds. The van der Waals surface area contributed by atoms with Gasteiger partial charge in [0.05, 0.1) is 17.5 Å². The molecule has 0 fully saturated rings. The van der Waals surface area contributed by atoms with Crippen molar-refractivity contribution in [3.05, 3.63) is 76.2 Å². The lowest BCUT2D eigenvalue weighted by atomic mass is 10.2. The first-order valence-corrected chi connectivity index (χ1v) is 10.5. The zero-order valence-electron chi connectivity index (χ0n) is 17.1. The molecule has 1 N–H and O–H groups in total. The van der Waals surface area contributed by atoms with Crippen LogP contribution in [-0.4, -0.2) is 37.6 Å². The molecule has 0 saturated heterocycles. The number of pyridine rings is 1. The molecule has 0 aliphatic heterocycles. The number of aromatic nitrogens is 3. The molecule has 6 nitrogen and oxygen atoms in total. The van der Waals surface area contributed by atoms with E-state index in [9.17, 15) is 14.3 Å². The molecule has 0 bridgehead atoms. The molecule has 0 radical (unpaired) electrons. The van der Waals surface area contributed by atoms with Crippen molar-refractivity contribution in [2.24, 2.45) is 0 Å². The van der Waals surface area contributed by atoms with Crippen LogP contribution < -0.4 is 10.3 Å². The van der Waals surface area contributed by atoms with Gasteiger partial charge in [-0.25, -0.2) is 14.4 Å². The smallest absolute Gasteiger partial charge is 0.287 e. The summed E-state index contributed by atoms with van der Waals surface area (Å²) < 4.78 is 20.3. The van der Waals surface area contributed by atoms with Crippen molar-refractivity contribution in [1.82, 2.24) is 14.5 Å². The molecule has 0 unspecified atom stereocenters. The van der Waals surface area contributed by atoms with Crippen LogP contribution in [0, 0.1) is 12.7 Å². The van der Waals surface area contributed by atoms with Crippen LogP contribution in [0.4, 0.5) is 4.39 Å². The summed E-state index contributed by atoms with van der Waals surface area (Å²) in [5.74, 6) is 0.750. The van der Waals surface area contributed by atoms with E-state index in [1.165, 1.54) is 28.5 Å². The molecular weight excluding hydrogens is 405 g/mol. The van der Waals surface area contributed by atoms with Gasteiger partial charge in [0.1, 0.15) is 12.4 Å². The lowest BCUT2D eigenvalue weighted by Gasteiger charge is -2.18. The Kier molecular flexibility index (Phi) is 6.89. The summed E-state index contributed by atoms with van der Waals surface area (Å²) >= 11 is 1.34. The van der Waals surface area contributed by atoms with Gasteiger partial charge in [-0.3, -0.25) is 9.36 Å². The average molecular weight is 430 g/mol. The van der Waals surface area contributed by atoms with Gasteiger partial charge in [-0.15, -0.1) is 11.8 Å². The highest BCUT2D eigenvalue weighted by Crippen LogP contribution is 2.19. The largest absolute Gasteiger partial charge is 0.474 e. The number of benzene rings is 1. The fraction of sp³-hybridized carbons (Fsp3) is 0.318. The topological polar surface area (TPSA) is 77.2 Å². The van der Waals surface area contributed by atoms with Gasteiger partial charge in [0.15, 0.2) is 5.03 Å². The fourth-order valence-corrected chi connectivity index (χ4v) is 3.62. The Balaban J connectivity index is 1.72. The molecule has 158 valence electrons. The molecule has 8 heteroatoms. The molecule has 1 aromatic carbocycles. The summed E-state index contributed by atoms with van der Waals surface area (Å²) in [4.78, 5) is 21.3. The first-order valence-electron chi connectivity index (χ1n) is 9.50. The van der Waals surface area contributed by atoms with Gasteiger partial charge in [-0.2, -0.15) is 0 Å². The van der Waals surface area contributed by atoms with Gasteiger partial charge in [0, 0.05) is 23.7 Å². The van der Waals surface area contributed by atoms with Gasteiger partial charge in [0.2, 0.25) is 5.88 Å². The van der Waals surface area contributed by atoms with Crippen LogP contribution >= 0.6 is 11.8 Å². The van der Waals surface area contributed by atoms with Crippen molar-refractivity contribution < 1.29 is 14.2 Å². The lowest BCUT2D eigenvalue weighted by Crippen LogP contribution is -2.28. The normalized spacial score (nSPS) is 11.5. The maximum Gasteiger partial charge on any atom is 0.287 e. The second kappa shape index (κ2) is 9.40. The predicted octanol–water partition coefficient (Wildman–Crippen LogP) is 3.56. The molecule has 2 aromatic heterocycles. The number of thioether (sulfide) groups is 1. The Labute approximate surface area is 178 Å². The van der Waals surface area contributed by atoms with Gasteiger partial charge in [0.25, 0.3) is 5.56 Å². The minimum Gasteiger partial charge on any atom is -0.474 e. The number of nitrogens with zero attached hydrogens (tertiary/aromatic N) is 3. The second-order valence-corrected chi connectivity index (χ2v) is 8.64. The van der Waals surface area contributed by atoms with Crippen LogP contribution in [0.2, 0.25) is 0 Å². The number of halogens is 1. The molecule has 3 aromatic rings. The minimum absolute atomic E-state index is 0.113. The molecule has 0 spiro atoms. The second-order valence-electron chi connectivity index (χ2n) is 7.55. The summed E-state index contributed by atoms with van der Waals surface area (Å²) in [5, 5.41) is 10.2. The van der Waals surface area contributed by atoms with E-state index >= 15 is 0 Å². The van der Waals surface area contributed by atoms with Crippen molar-refractivity contribution in [1.29, 1.82) is 0 Å². The number of aliphatic hydroxyl groups is 1. The SMILES string of the molecule is Cc1cc(-n2ccnc(SCCc3cccc(F)c3)c2=O)cnc1OCC(C)(C)O. The monoisotopic (exact) mass is 429 g/mol. The average Bonchev–Trinajstić information content (AvgIpc) is 2.68. The van der Waals surface area contributed by atoms with Crippen LogP contribution in [0.15, 0.2) is 58.7 Å². The standard InChI is InChI=1S/C22H24FN3O3S/c1-15-11-18(13-25-19(15)29-14-22(2,3)28)26-9-8-24-20(21(26)27)30-10-7-16-5-4-6-17(23)12-16/h4-6,8-9,11-13,28H,7,10,14H2,1-3H3. The lowest BCUT2D eigenvalue weighted by molar-refractivity contribution is 0.0266. The fourth-order valence-electron chi connectivity index (χ4n) is 2.73. The first kappa shape index (κ1) is 22.0. The van der Waals surface area contributed by atoms with Crippen LogP contribution in [0.5, 0.6) is 5.88 Å². The number of hydrogen-bond donors (Lipinski definition) is 1. The van der Waals surface area contributed by atoms with Gasteiger partial charge < -0.3 is 9.84 Å². The molecule has 0 atom stereocenters. The van der Waals surface area contributed by atoms with Crippen LogP contribution in [0.1, 0.15) is 25.0 Å². The molecule has 3 rings (SSSR count). The molecular formula is C22H24FN3O3S. The van der Waals surface area contributed by atoms with E-state index in [-0.39, 0.29) is 18.0 Å². The summed E-state index contributed by atoms with van der Waals surface area (Å²) in [7, 11) is 0. The first-order chi connectivity index (χ1) is 14.2. The Morgan fingerprint density at radius 2 is 2.07 bits per heavy atom. The van der Waals surface area contributed by atoms with Crippen LogP contribution in [-0.2, 0) is 6.42 Å². The van der Waals surface area contributed by atoms with Crippen LogP contribution in [0.25, 0.3) is 5.69 Å². The summed E-state index contributed by atoms with van der Waals surface area (Å²) in [6.07, 6.45) is 5.34. The number of hydrogen-bond acceptors (Lipinski definition) is 6. The molecule has 0 aliphatic rings. The number of rotatable bonds is 8. The van der Waals surface area contributed by atoms with Crippen molar-refractivity contribution >= 4 is 11.8 Å². The minimum atomic E-state index is -0.966. The van der Waals surface area contributed by atoms with Crippen molar-refractivity contribution in [3.8, 4) is 11.6 Å². The zero-order valence-corrected chi connectivity index (χ0v) is 17.9. The van der Waals surface area contributed by atoms with E-state index in [4.69, 9.17) is 4.74 Å². The van der Waals surface area contributed by atoms with Crippen molar-refractivity contribution in [2.75, 3.05) is 12.4 Å². The third kappa shape index (κ3) is 5.90. The maximum absolute atomic E-state index is 13.3. The Hall–Kier alpha value is -2.71. The van der Waals surface area contributed by atoms with E-state index in [0.717, 1.165) is 11.1 Å². The maximum atomic E-state index is 13.3.